The Morgan fingerprint density at radius 3 is 2.41 bits per heavy atom. The summed E-state index contributed by atoms with van der Waals surface area (Å²) in [5.41, 5.74) is -0.614. The summed E-state index contributed by atoms with van der Waals surface area (Å²) in [5.74, 6) is 0.778. The van der Waals surface area contributed by atoms with Crippen LogP contribution in [0.25, 0.3) is 0 Å². The Morgan fingerprint density at radius 1 is 0.864 bits per heavy atom. The first kappa shape index (κ1) is 15.1. The lowest BCUT2D eigenvalue weighted by molar-refractivity contribution is -0.107. The lowest BCUT2D eigenvalue weighted by Gasteiger charge is -2.47. The van der Waals surface area contributed by atoms with Crippen LogP contribution < -0.4 is 0 Å². The second kappa shape index (κ2) is 5.26. The number of rotatable bonds is 3. The second-order valence-corrected chi connectivity index (χ2v) is 8.36. The third-order valence-electron chi connectivity index (χ3n) is 6.02. The van der Waals surface area contributed by atoms with Gasteiger partial charge in [0.05, 0.1) is 11.0 Å². The molecule has 4 atom stereocenters. The highest BCUT2D eigenvalue weighted by molar-refractivity contribution is 6.48. The number of ether oxygens (including phenoxy) is 1. The van der Waals surface area contributed by atoms with E-state index in [1.165, 1.54) is 0 Å². The van der Waals surface area contributed by atoms with E-state index in [4.69, 9.17) is 27.9 Å². The molecular weight excluding hydrogens is 315 g/mol. The van der Waals surface area contributed by atoms with Crippen LogP contribution in [-0.2, 0) is 4.74 Å². The maximum Gasteiger partial charge on any atom is 0.228 e. The topological polar surface area (TPSA) is 9.23 Å². The van der Waals surface area contributed by atoms with E-state index in [0.29, 0.717) is 11.8 Å². The van der Waals surface area contributed by atoms with E-state index in [-0.39, 0.29) is 11.0 Å². The summed E-state index contributed by atoms with van der Waals surface area (Å²) in [5, 5.41) is 0. The number of alkyl halides is 2. The minimum Gasteiger partial charge on any atom is -0.334 e. The molecular formula is C19H22Cl2O. The van der Waals surface area contributed by atoms with Gasteiger partial charge in [-0.25, -0.2) is 0 Å². The van der Waals surface area contributed by atoms with Crippen LogP contribution in [-0.4, -0.2) is 10.1 Å². The number of allylic oxidation sites excluding steroid dienone is 5. The predicted molar refractivity (Wildman–Crippen MR) is 91.9 cm³/mol. The van der Waals surface area contributed by atoms with Crippen LogP contribution in [0.2, 0.25) is 0 Å². The van der Waals surface area contributed by atoms with Gasteiger partial charge in [-0.1, -0.05) is 78.2 Å². The van der Waals surface area contributed by atoms with Crippen molar-refractivity contribution in [2.75, 3.05) is 0 Å². The van der Waals surface area contributed by atoms with Crippen molar-refractivity contribution in [3.05, 3.63) is 48.6 Å². The summed E-state index contributed by atoms with van der Waals surface area (Å²) < 4.78 is 5.36. The van der Waals surface area contributed by atoms with Crippen LogP contribution in [0.1, 0.15) is 38.5 Å². The molecule has 0 bridgehead atoms. The maximum absolute atomic E-state index is 6.90. The number of hydrogen-bond donors (Lipinski definition) is 0. The zero-order chi connectivity index (χ0) is 15.3. The zero-order valence-corrected chi connectivity index (χ0v) is 14.2. The Kier molecular flexibility index (Phi) is 3.60. The average Bonchev–Trinajstić information content (AvgIpc) is 3.11. The van der Waals surface area contributed by atoms with Gasteiger partial charge in [0.25, 0.3) is 0 Å². The molecule has 0 aromatic carbocycles. The van der Waals surface area contributed by atoms with Crippen molar-refractivity contribution in [2.45, 2.75) is 48.6 Å². The Hall–Kier alpha value is -0.500. The number of hydrogen-bond acceptors (Lipinski definition) is 1. The highest BCUT2D eigenvalue weighted by Crippen LogP contribution is 2.61. The standard InChI is InChI=1S/C19H22Cl2O/c20-19(21,17-11-3-1-7-15(17)9-5-12-17)22-18-13-4-2-8-16(18)10-6-14-18/h1-4,7-8,11,13,15-16H,5-6,9-10,12,14H2. The lowest BCUT2D eigenvalue weighted by Crippen LogP contribution is -2.50. The van der Waals surface area contributed by atoms with Gasteiger partial charge in [0.1, 0.15) is 0 Å². The smallest absolute Gasteiger partial charge is 0.228 e. The number of fused-ring (bicyclic) bond motifs is 2. The molecule has 2 fully saturated rings. The molecule has 22 heavy (non-hydrogen) atoms. The molecule has 4 aliphatic rings. The monoisotopic (exact) mass is 336 g/mol. The van der Waals surface area contributed by atoms with Crippen LogP contribution in [0.15, 0.2) is 48.6 Å². The first-order chi connectivity index (χ1) is 10.6. The van der Waals surface area contributed by atoms with Crippen LogP contribution in [0.5, 0.6) is 0 Å². The van der Waals surface area contributed by atoms with E-state index in [1.54, 1.807) is 0 Å². The summed E-state index contributed by atoms with van der Waals surface area (Å²) in [6.45, 7) is 0. The first-order valence-electron chi connectivity index (χ1n) is 8.38. The van der Waals surface area contributed by atoms with Crippen molar-refractivity contribution >= 4 is 23.2 Å². The fraction of sp³-hybridized carbons (Fsp3) is 0.579. The highest BCUT2D eigenvalue weighted by atomic mass is 35.5. The average molecular weight is 337 g/mol. The molecule has 4 aliphatic carbocycles. The van der Waals surface area contributed by atoms with Crippen LogP contribution in [0, 0.1) is 17.3 Å². The molecule has 0 radical (unpaired) electrons. The van der Waals surface area contributed by atoms with E-state index >= 15 is 0 Å². The van der Waals surface area contributed by atoms with Crippen LogP contribution in [0.4, 0.5) is 0 Å². The van der Waals surface area contributed by atoms with Gasteiger partial charge in [0.2, 0.25) is 4.52 Å². The fourth-order valence-electron chi connectivity index (χ4n) is 4.82. The Bertz CT molecular complexity index is 574. The summed E-state index contributed by atoms with van der Waals surface area (Å²) in [7, 11) is 0. The molecule has 0 amide bonds. The van der Waals surface area contributed by atoms with Gasteiger partial charge < -0.3 is 4.74 Å². The van der Waals surface area contributed by atoms with Crippen molar-refractivity contribution < 1.29 is 4.74 Å². The molecule has 0 heterocycles. The predicted octanol–water partition coefficient (Wildman–Crippen LogP) is 5.71. The molecule has 2 saturated carbocycles. The maximum atomic E-state index is 6.90. The summed E-state index contributed by atoms with van der Waals surface area (Å²) >= 11 is 13.8. The Labute approximate surface area is 142 Å². The molecule has 0 saturated heterocycles. The molecule has 3 heteroatoms. The third-order valence-corrected chi connectivity index (χ3v) is 6.88. The SMILES string of the molecule is ClC(Cl)(OC12C=CC=CC1CCC2)C12C=CC=CC1CCC2. The van der Waals surface area contributed by atoms with Gasteiger partial charge in [-0.05, 0) is 38.0 Å². The normalized spacial score (nSPS) is 42.6. The minimum absolute atomic E-state index is 0.290. The quantitative estimate of drug-likeness (QED) is 0.599. The largest absolute Gasteiger partial charge is 0.334 e. The molecule has 0 N–H and O–H groups in total. The Morgan fingerprint density at radius 2 is 1.55 bits per heavy atom. The first-order valence-corrected chi connectivity index (χ1v) is 9.14. The minimum atomic E-state index is -1.19. The van der Waals surface area contributed by atoms with Crippen LogP contribution >= 0.6 is 23.2 Å². The van der Waals surface area contributed by atoms with Gasteiger partial charge in [0.15, 0.2) is 0 Å². The highest BCUT2D eigenvalue weighted by Gasteiger charge is 2.59. The van der Waals surface area contributed by atoms with Crippen molar-refractivity contribution in [1.29, 1.82) is 0 Å². The molecule has 118 valence electrons. The van der Waals surface area contributed by atoms with Gasteiger partial charge in [-0.2, -0.15) is 0 Å². The Balaban J connectivity index is 1.67. The number of halogens is 2. The van der Waals surface area contributed by atoms with E-state index in [2.05, 4.69) is 48.6 Å². The van der Waals surface area contributed by atoms with E-state index in [0.717, 1.165) is 38.5 Å². The molecule has 0 spiro atoms. The van der Waals surface area contributed by atoms with E-state index in [9.17, 15) is 0 Å². The lowest BCUT2D eigenvalue weighted by atomic mass is 9.75. The van der Waals surface area contributed by atoms with Gasteiger partial charge in [-0.3, -0.25) is 0 Å². The van der Waals surface area contributed by atoms with Gasteiger partial charge in [0, 0.05) is 5.92 Å². The van der Waals surface area contributed by atoms with Gasteiger partial charge in [-0.15, -0.1) is 0 Å². The van der Waals surface area contributed by atoms with Crippen molar-refractivity contribution in [1.82, 2.24) is 0 Å². The van der Waals surface area contributed by atoms with Crippen LogP contribution in [0.3, 0.4) is 0 Å². The van der Waals surface area contributed by atoms with Crippen molar-refractivity contribution in [2.24, 2.45) is 17.3 Å². The van der Waals surface area contributed by atoms with Crippen molar-refractivity contribution in [3.63, 3.8) is 0 Å². The third kappa shape index (κ3) is 2.09. The molecule has 4 rings (SSSR count). The second-order valence-electron chi connectivity index (χ2n) is 7.10. The molecule has 1 nitrogen and oxygen atoms in total. The molecule has 4 unspecified atom stereocenters. The summed E-state index contributed by atoms with van der Waals surface area (Å²) in [4.78, 5) is 0. The fourth-order valence-corrected chi connectivity index (χ4v) is 5.70. The van der Waals surface area contributed by atoms with Gasteiger partial charge >= 0.3 is 0 Å². The molecule has 0 aromatic rings. The molecule has 0 aliphatic heterocycles. The summed E-state index contributed by atoms with van der Waals surface area (Å²) in [6, 6.07) is 0. The van der Waals surface area contributed by atoms with E-state index in [1.807, 2.05) is 0 Å². The van der Waals surface area contributed by atoms with Crippen molar-refractivity contribution in [3.8, 4) is 0 Å². The zero-order valence-electron chi connectivity index (χ0n) is 12.7. The summed E-state index contributed by atoms with van der Waals surface area (Å²) in [6.07, 6.45) is 23.8. The van der Waals surface area contributed by atoms with E-state index < -0.39 is 4.52 Å². The molecule has 0 aromatic heterocycles.